The molecule has 0 heterocycles. The fraction of sp³-hybridized carbons (Fsp3) is 0.600. The minimum Gasteiger partial charge on any atom is -0.496 e. The van der Waals surface area contributed by atoms with E-state index in [1.807, 2.05) is 18.2 Å². The highest BCUT2D eigenvalue weighted by atomic mass is 16.5. The van der Waals surface area contributed by atoms with Crippen LogP contribution in [0.25, 0.3) is 0 Å². The Bertz CT molecular complexity index is 363. The summed E-state index contributed by atoms with van der Waals surface area (Å²) in [6.45, 7) is 7.13. The molecule has 0 saturated carbocycles. The molecule has 0 fully saturated rings. The summed E-state index contributed by atoms with van der Waals surface area (Å²) in [4.78, 5) is 0. The molecule has 1 N–H and O–H groups in total. The highest BCUT2D eigenvalue weighted by molar-refractivity contribution is 5.35. The zero-order chi connectivity index (χ0) is 13.6. The van der Waals surface area contributed by atoms with Crippen molar-refractivity contribution in [3.63, 3.8) is 0 Å². The molecule has 1 rings (SSSR count). The monoisotopic (exact) mass is 251 g/mol. The molecular weight excluding hydrogens is 226 g/mol. The SMILES string of the molecule is CCC(NCC(C)(C)OC)c1ccccc1OC. The van der Waals surface area contributed by atoms with E-state index in [1.165, 1.54) is 5.56 Å². The quantitative estimate of drug-likeness (QED) is 0.807. The van der Waals surface area contributed by atoms with Gasteiger partial charge in [-0.2, -0.15) is 0 Å². The van der Waals surface area contributed by atoms with Crippen molar-refractivity contribution in [3.8, 4) is 5.75 Å². The summed E-state index contributed by atoms with van der Waals surface area (Å²) in [6, 6.07) is 8.44. The number of rotatable bonds is 7. The second kappa shape index (κ2) is 6.76. The standard InChI is InChI=1S/C15H25NO2/c1-6-13(16-11-15(2,3)18-5)12-9-7-8-10-14(12)17-4/h7-10,13,16H,6,11H2,1-5H3. The molecule has 0 aliphatic heterocycles. The Morgan fingerprint density at radius 1 is 1.22 bits per heavy atom. The Morgan fingerprint density at radius 3 is 2.44 bits per heavy atom. The van der Waals surface area contributed by atoms with E-state index in [0.717, 1.165) is 18.7 Å². The Morgan fingerprint density at radius 2 is 1.89 bits per heavy atom. The minimum atomic E-state index is -0.157. The van der Waals surface area contributed by atoms with Gasteiger partial charge in [-0.25, -0.2) is 0 Å². The predicted octanol–water partition coefficient (Wildman–Crippen LogP) is 3.16. The Balaban J connectivity index is 2.77. The number of para-hydroxylation sites is 1. The first-order valence-corrected chi connectivity index (χ1v) is 6.45. The fourth-order valence-electron chi connectivity index (χ4n) is 1.87. The fourth-order valence-corrected chi connectivity index (χ4v) is 1.87. The second-order valence-electron chi connectivity index (χ2n) is 5.05. The maximum Gasteiger partial charge on any atom is 0.123 e. The van der Waals surface area contributed by atoms with Crippen LogP contribution in [0.1, 0.15) is 38.8 Å². The van der Waals surface area contributed by atoms with Crippen molar-refractivity contribution in [1.29, 1.82) is 0 Å². The number of hydrogen-bond donors (Lipinski definition) is 1. The van der Waals surface area contributed by atoms with Crippen molar-refractivity contribution in [2.75, 3.05) is 20.8 Å². The van der Waals surface area contributed by atoms with Gasteiger partial charge in [0.15, 0.2) is 0 Å². The lowest BCUT2D eigenvalue weighted by molar-refractivity contribution is 0.0208. The first-order chi connectivity index (χ1) is 8.54. The molecule has 0 spiro atoms. The van der Waals surface area contributed by atoms with Gasteiger partial charge in [-0.3, -0.25) is 0 Å². The van der Waals surface area contributed by atoms with Gasteiger partial charge < -0.3 is 14.8 Å². The molecule has 0 aliphatic rings. The second-order valence-corrected chi connectivity index (χ2v) is 5.05. The summed E-state index contributed by atoms with van der Waals surface area (Å²) in [5.74, 6) is 0.937. The van der Waals surface area contributed by atoms with Crippen LogP contribution in [0.3, 0.4) is 0 Å². The molecule has 0 bridgehead atoms. The number of benzene rings is 1. The van der Waals surface area contributed by atoms with Crippen LogP contribution in [0.2, 0.25) is 0 Å². The first kappa shape index (κ1) is 15.0. The smallest absolute Gasteiger partial charge is 0.123 e. The van der Waals surface area contributed by atoms with Crippen LogP contribution in [0.4, 0.5) is 0 Å². The molecule has 0 aliphatic carbocycles. The number of nitrogens with one attached hydrogen (secondary N) is 1. The van der Waals surface area contributed by atoms with E-state index in [1.54, 1.807) is 14.2 Å². The van der Waals surface area contributed by atoms with E-state index >= 15 is 0 Å². The lowest BCUT2D eigenvalue weighted by Gasteiger charge is -2.27. The van der Waals surface area contributed by atoms with Gasteiger partial charge in [0.2, 0.25) is 0 Å². The largest absolute Gasteiger partial charge is 0.496 e. The van der Waals surface area contributed by atoms with Crippen molar-refractivity contribution in [3.05, 3.63) is 29.8 Å². The normalized spacial score (nSPS) is 13.4. The highest BCUT2D eigenvalue weighted by Gasteiger charge is 2.20. The van der Waals surface area contributed by atoms with E-state index in [2.05, 4.69) is 32.2 Å². The van der Waals surface area contributed by atoms with Crippen molar-refractivity contribution >= 4 is 0 Å². The average Bonchev–Trinajstić information content (AvgIpc) is 2.40. The van der Waals surface area contributed by atoms with Crippen molar-refractivity contribution < 1.29 is 9.47 Å². The molecule has 18 heavy (non-hydrogen) atoms. The van der Waals surface area contributed by atoms with E-state index in [0.29, 0.717) is 0 Å². The maximum absolute atomic E-state index is 5.43. The molecule has 0 amide bonds. The molecule has 3 heteroatoms. The highest BCUT2D eigenvalue weighted by Crippen LogP contribution is 2.27. The van der Waals surface area contributed by atoms with Crippen molar-refractivity contribution in [1.82, 2.24) is 5.32 Å². The third kappa shape index (κ3) is 4.00. The topological polar surface area (TPSA) is 30.5 Å². The van der Waals surface area contributed by atoms with Gasteiger partial charge in [-0.05, 0) is 26.3 Å². The maximum atomic E-state index is 5.43. The van der Waals surface area contributed by atoms with Crippen LogP contribution < -0.4 is 10.1 Å². The summed E-state index contributed by atoms with van der Waals surface area (Å²) < 4.78 is 10.8. The number of methoxy groups -OCH3 is 2. The summed E-state index contributed by atoms with van der Waals surface area (Å²) >= 11 is 0. The van der Waals surface area contributed by atoms with E-state index in [9.17, 15) is 0 Å². The van der Waals surface area contributed by atoms with Gasteiger partial charge >= 0.3 is 0 Å². The zero-order valence-electron chi connectivity index (χ0n) is 12.1. The van der Waals surface area contributed by atoms with Gasteiger partial charge in [0, 0.05) is 25.3 Å². The van der Waals surface area contributed by atoms with Crippen LogP contribution in [0, 0.1) is 0 Å². The lowest BCUT2D eigenvalue weighted by atomic mass is 10.0. The van der Waals surface area contributed by atoms with Gasteiger partial charge in [0.05, 0.1) is 12.7 Å². The molecule has 0 saturated heterocycles. The molecule has 1 aromatic carbocycles. The van der Waals surface area contributed by atoms with Gasteiger partial charge in [-0.1, -0.05) is 25.1 Å². The van der Waals surface area contributed by atoms with Crippen LogP contribution in [-0.4, -0.2) is 26.4 Å². The summed E-state index contributed by atoms with van der Waals surface area (Å²) in [5, 5.41) is 3.55. The first-order valence-electron chi connectivity index (χ1n) is 6.45. The molecule has 0 radical (unpaired) electrons. The minimum absolute atomic E-state index is 0.157. The van der Waals surface area contributed by atoms with Crippen LogP contribution >= 0.6 is 0 Å². The molecular formula is C15H25NO2. The molecule has 102 valence electrons. The third-order valence-corrected chi connectivity index (χ3v) is 3.25. The van der Waals surface area contributed by atoms with Crippen LogP contribution in [0.15, 0.2) is 24.3 Å². The van der Waals surface area contributed by atoms with E-state index in [-0.39, 0.29) is 11.6 Å². The summed E-state index contributed by atoms with van der Waals surface area (Å²) in [6.07, 6.45) is 1.01. The molecule has 3 nitrogen and oxygen atoms in total. The Hall–Kier alpha value is -1.06. The molecule has 1 atom stereocenters. The van der Waals surface area contributed by atoms with Crippen molar-refractivity contribution in [2.45, 2.75) is 38.8 Å². The Kier molecular flexibility index (Phi) is 5.63. The molecule has 1 unspecified atom stereocenters. The number of ether oxygens (including phenoxy) is 2. The van der Waals surface area contributed by atoms with Gasteiger partial charge in [0.25, 0.3) is 0 Å². The van der Waals surface area contributed by atoms with Crippen LogP contribution in [0.5, 0.6) is 5.75 Å². The Labute approximate surface area is 110 Å². The van der Waals surface area contributed by atoms with Gasteiger partial charge in [-0.15, -0.1) is 0 Å². The summed E-state index contributed by atoms with van der Waals surface area (Å²) in [5.41, 5.74) is 1.05. The van der Waals surface area contributed by atoms with Crippen molar-refractivity contribution in [2.24, 2.45) is 0 Å². The third-order valence-electron chi connectivity index (χ3n) is 3.25. The average molecular weight is 251 g/mol. The van der Waals surface area contributed by atoms with E-state index < -0.39 is 0 Å². The van der Waals surface area contributed by atoms with E-state index in [4.69, 9.17) is 9.47 Å². The lowest BCUT2D eigenvalue weighted by Crippen LogP contribution is -2.38. The van der Waals surface area contributed by atoms with Gasteiger partial charge in [0.1, 0.15) is 5.75 Å². The molecule has 1 aromatic rings. The number of hydrogen-bond acceptors (Lipinski definition) is 3. The predicted molar refractivity (Wildman–Crippen MR) is 75.1 cm³/mol. The summed E-state index contributed by atoms with van der Waals surface area (Å²) in [7, 11) is 3.45. The van der Waals surface area contributed by atoms with Crippen LogP contribution in [-0.2, 0) is 4.74 Å². The molecule has 0 aromatic heterocycles. The zero-order valence-corrected chi connectivity index (χ0v) is 12.1.